The molecule has 2 rings (SSSR count). The maximum absolute atomic E-state index is 11.9. The van der Waals surface area contributed by atoms with E-state index in [1.165, 1.54) is 16.9 Å². The van der Waals surface area contributed by atoms with Gasteiger partial charge in [0.05, 0.1) is 9.21 Å². The molecule has 0 amide bonds. The monoisotopic (exact) mass is 294 g/mol. The summed E-state index contributed by atoms with van der Waals surface area (Å²) in [5.41, 5.74) is 3.29. The topological polar surface area (TPSA) is 26.3 Å². The average Bonchev–Trinajstić information content (AvgIpc) is 2.74. The van der Waals surface area contributed by atoms with Crippen molar-refractivity contribution >= 4 is 28.7 Å². The zero-order valence-corrected chi connectivity index (χ0v) is 12.7. The first-order valence-corrected chi connectivity index (χ1v) is 7.16. The summed E-state index contributed by atoms with van der Waals surface area (Å²) >= 11 is 7.09. The van der Waals surface area contributed by atoms with E-state index in [2.05, 4.69) is 12.1 Å². The van der Waals surface area contributed by atoms with Crippen LogP contribution in [0.2, 0.25) is 4.34 Å². The van der Waals surface area contributed by atoms with Crippen LogP contribution in [-0.4, -0.2) is 12.4 Å². The first-order chi connectivity index (χ1) is 8.97. The number of hydrogen-bond acceptors (Lipinski definition) is 3. The number of carbonyl (C=O) groups is 1. The van der Waals surface area contributed by atoms with Crippen LogP contribution in [0.4, 0.5) is 0 Å². The van der Waals surface area contributed by atoms with Crippen molar-refractivity contribution in [2.24, 2.45) is 0 Å². The Hall–Kier alpha value is -1.32. The van der Waals surface area contributed by atoms with E-state index in [4.69, 9.17) is 16.3 Å². The Labute approximate surface area is 122 Å². The predicted molar refractivity (Wildman–Crippen MR) is 79.8 cm³/mol. The Balaban J connectivity index is 2.09. The van der Waals surface area contributed by atoms with Crippen LogP contribution < -0.4 is 4.74 Å². The molecule has 0 radical (unpaired) electrons. The van der Waals surface area contributed by atoms with Crippen molar-refractivity contribution in [1.29, 1.82) is 0 Å². The summed E-state index contributed by atoms with van der Waals surface area (Å²) in [4.78, 5) is 12.6. The van der Waals surface area contributed by atoms with Gasteiger partial charge in [0.2, 0.25) is 5.78 Å². The largest absolute Gasteiger partial charge is 0.485 e. The molecular weight excluding hydrogens is 280 g/mol. The van der Waals surface area contributed by atoms with Gasteiger partial charge >= 0.3 is 0 Å². The second-order valence-electron chi connectivity index (χ2n) is 4.54. The zero-order valence-electron chi connectivity index (χ0n) is 11.1. The number of ether oxygens (including phenoxy) is 1. The van der Waals surface area contributed by atoms with Crippen molar-refractivity contribution in [3.63, 3.8) is 0 Å². The highest BCUT2D eigenvalue weighted by molar-refractivity contribution is 7.18. The lowest BCUT2D eigenvalue weighted by Gasteiger charge is -2.12. The number of hydrogen-bond donors (Lipinski definition) is 0. The fourth-order valence-electron chi connectivity index (χ4n) is 2.07. The van der Waals surface area contributed by atoms with Gasteiger partial charge in [-0.2, -0.15) is 0 Å². The summed E-state index contributed by atoms with van der Waals surface area (Å²) in [6.07, 6.45) is 0. The van der Waals surface area contributed by atoms with Crippen molar-refractivity contribution in [1.82, 2.24) is 0 Å². The van der Waals surface area contributed by atoms with E-state index in [1.807, 2.05) is 20.8 Å². The molecule has 2 aromatic rings. The van der Waals surface area contributed by atoms with E-state index in [0.29, 0.717) is 9.21 Å². The van der Waals surface area contributed by atoms with Crippen LogP contribution in [0, 0.1) is 20.8 Å². The van der Waals surface area contributed by atoms with Gasteiger partial charge in [0.25, 0.3) is 0 Å². The minimum atomic E-state index is -0.0451. The first kappa shape index (κ1) is 14.1. The Morgan fingerprint density at radius 3 is 2.37 bits per heavy atom. The minimum Gasteiger partial charge on any atom is -0.485 e. The van der Waals surface area contributed by atoms with Crippen LogP contribution in [0.5, 0.6) is 5.75 Å². The van der Waals surface area contributed by atoms with Crippen LogP contribution in [0.3, 0.4) is 0 Å². The van der Waals surface area contributed by atoms with Gasteiger partial charge in [-0.1, -0.05) is 29.3 Å². The number of carbonyl (C=O) groups excluding carboxylic acids is 1. The normalized spacial score (nSPS) is 10.5. The lowest BCUT2D eigenvalue weighted by molar-refractivity contribution is 0.0925. The van der Waals surface area contributed by atoms with Gasteiger partial charge in [-0.25, -0.2) is 0 Å². The summed E-state index contributed by atoms with van der Waals surface area (Å²) in [6.45, 7) is 6.06. The molecule has 0 aliphatic carbocycles. The van der Waals surface area contributed by atoms with E-state index in [1.54, 1.807) is 12.1 Å². The highest BCUT2D eigenvalue weighted by Crippen LogP contribution is 2.26. The lowest BCUT2D eigenvalue weighted by Crippen LogP contribution is -2.11. The SMILES string of the molecule is Cc1cc(C)c(OCC(=O)c2ccc(Cl)s2)c(C)c1. The molecule has 0 fully saturated rings. The van der Waals surface area contributed by atoms with Crippen molar-refractivity contribution in [2.45, 2.75) is 20.8 Å². The molecular formula is C15H15ClO2S. The minimum absolute atomic E-state index is 0.0432. The molecule has 1 aromatic heterocycles. The standard InChI is InChI=1S/C15H15ClO2S/c1-9-6-10(2)15(11(3)7-9)18-8-12(17)13-4-5-14(16)19-13/h4-7H,8H2,1-3H3. The number of ketones is 1. The molecule has 0 unspecified atom stereocenters. The second kappa shape index (κ2) is 5.76. The predicted octanol–water partition coefficient (Wildman–Crippen LogP) is 4.59. The Kier molecular flexibility index (Phi) is 4.27. The molecule has 0 N–H and O–H groups in total. The summed E-state index contributed by atoms with van der Waals surface area (Å²) in [5.74, 6) is 0.748. The Bertz CT molecular complexity index is 593. The Morgan fingerprint density at radius 1 is 1.21 bits per heavy atom. The first-order valence-electron chi connectivity index (χ1n) is 5.96. The fourth-order valence-corrected chi connectivity index (χ4v) is 3.03. The molecule has 4 heteroatoms. The molecule has 0 aliphatic heterocycles. The van der Waals surface area contributed by atoms with Crippen LogP contribution in [0.15, 0.2) is 24.3 Å². The van der Waals surface area contributed by atoms with E-state index < -0.39 is 0 Å². The molecule has 1 aromatic carbocycles. The van der Waals surface area contributed by atoms with Crippen molar-refractivity contribution in [2.75, 3.05) is 6.61 Å². The molecule has 0 saturated carbocycles. The van der Waals surface area contributed by atoms with Crippen LogP contribution in [0.25, 0.3) is 0 Å². The van der Waals surface area contributed by atoms with Gasteiger partial charge in [-0.05, 0) is 44.0 Å². The third-order valence-corrected chi connectivity index (χ3v) is 4.07. The van der Waals surface area contributed by atoms with Crippen LogP contribution >= 0.6 is 22.9 Å². The number of aryl methyl sites for hydroxylation is 3. The summed E-state index contributed by atoms with van der Waals surface area (Å²) in [5, 5.41) is 0. The van der Waals surface area contributed by atoms with Crippen molar-refractivity contribution in [3.05, 3.63) is 50.2 Å². The quantitative estimate of drug-likeness (QED) is 0.771. The summed E-state index contributed by atoms with van der Waals surface area (Å²) < 4.78 is 6.28. The number of Topliss-reactive ketones (excluding diaryl/α,β-unsaturated/α-hetero) is 1. The van der Waals surface area contributed by atoms with Gasteiger partial charge in [0.1, 0.15) is 5.75 Å². The summed E-state index contributed by atoms with van der Waals surface area (Å²) in [6, 6.07) is 7.55. The molecule has 2 nitrogen and oxygen atoms in total. The second-order valence-corrected chi connectivity index (χ2v) is 6.26. The third kappa shape index (κ3) is 3.37. The van der Waals surface area contributed by atoms with Gasteiger partial charge in [0, 0.05) is 0 Å². The van der Waals surface area contributed by atoms with Crippen LogP contribution in [-0.2, 0) is 0 Å². The highest BCUT2D eigenvalue weighted by atomic mass is 35.5. The number of halogens is 1. The maximum Gasteiger partial charge on any atom is 0.210 e. The lowest BCUT2D eigenvalue weighted by atomic mass is 10.1. The maximum atomic E-state index is 11.9. The molecule has 0 aliphatic rings. The molecule has 0 spiro atoms. The fraction of sp³-hybridized carbons (Fsp3) is 0.267. The smallest absolute Gasteiger partial charge is 0.210 e. The number of benzene rings is 1. The summed E-state index contributed by atoms with van der Waals surface area (Å²) in [7, 11) is 0. The third-order valence-electron chi connectivity index (χ3n) is 2.80. The van der Waals surface area contributed by atoms with E-state index in [-0.39, 0.29) is 12.4 Å². The van der Waals surface area contributed by atoms with Crippen molar-refractivity contribution < 1.29 is 9.53 Å². The van der Waals surface area contributed by atoms with E-state index in [0.717, 1.165) is 16.9 Å². The molecule has 19 heavy (non-hydrogen) atoms. The Morgan fingerprint density at radius 2 is 1.84 bits per heavy atom. The molecule has 0 saturated heterocycles. The molecule has 0 atom stereocenters. The highest BCUT2D eigenvalue weighted by Gasteiger charge is 2.12. The van der Waals surface area contributed by atoms with Crippen molar-refractivity contribution in [3.8, 4) is 5.75 Å². The van der Waals surface area contributed by atoms with Gasteiger partial charge < -0.3 is 4.74 Å². The zero-order chi connectivity index (χ0) is 14.0. The number of rotatable bonds is 4. The van der Waals surface area contributed by atoms with E-state index in [9.17, 15) is 4.79 Å². The molecule has 0 bridgehead atoms. The van der Waals surface area contributed by atoms with Crippen LogP contribution in [0.1, 0.15) is 26.4 Å². The molecule has 100 valence electrons. The average molecular weight is 295 g/mol. The van der Waals surface area contributed by atoms with Gasteiger partial charge in [-0.3, -0.25) is 4.79 Å². The van der Waals surface area contributed by atoms with Gasteiger partial charge in [0.15, 0.2) is 6.61 Å². The number of thiophene rings is 1. The van der Waals surface area contributed by atoms with Gasteiger partial charge in [-0.15, -0.1) is 11.3 Å². The molecule has 1 heterocycles. The van der Waals surface area contributed by atoms with E-state index >= 15 is 0 Å².